The van der Waals surface area contributed by atoms with Crippen molar-refractivity contribution in [1.82, 2.24) is 4.98 Å². The minimum absolute atomic E-state index is 0.152. The zero-order chi connectivity index (χ0) is 16.2. The Morgan fingerprint density at radius 3 is 2.52 bits per heavy atom. The van der Waals surface area contributed by atoms with Crippen LogP contribution in [0.2, 0.25) is 5.02 Å². The van der Waals surface area contributed by atoms with Gasteiger partial charge in [-0.2, -0.15) is 0 Å². The van der Waals surface area contributed by atoms with Crippen LogP contribution in [0.15, 0.2) is 67.0 Å². The first-order valence-electron chi connectivity index (χ1n) is 6.95. The van der Waals surface area contributed by atoms with Gasteiger partial charge in [-0.25, -0.2) is 4.79 Å². The number of anilines is 2. The lowest BCUT2D eigenvalue weighted by Crippen LogP contribution is -2.04. The lowest BCUT2D eigenvalue weighted by Gasteiger charge is -2.15. The summed E-state index contributed by atoms with van der Waals surface area (Å²) in [5.74, 6) is -1.02. The molecule has 1 aromatic heterocycles. The van der Waals surface area contributed by atoms with Crippen LogP contribution in [0.25, 0.3) is 11.1 Å². The third kappa shape index (κ3) is 3.17. The first kappa shape index (κ1) is 15.1. The van der Waals surface area contributed by atoms with Crippen molar-refractivity contribution in [3.8, 4) is 11.1 Å². The van der Waals surface area contributed by atoms with E-state index in [9.17, 15) is 9.90 Å². The molecule has 0 amide bonds. The molecule has 2 aromatic carbocycles. The van der Waals surface area contributed by atoms with E-state index in [1.807, 2.05) is 42.5 Å². The molecule has 0 aliphatic heterocycles. The molecule has 0 saturated carbocycles. The molecular weight excluding hydrogens is 312 g/mol. The second-order valence-electron chi connectivity index (χ2n) is 4.88. The van der Waals surface area contributed by atoms with E-state index in [0.717, 1.165) is 16.8 Å². The predicted octanol–water partition coefficient (Wildman–Crippen LogP) is 4.84. The zero-order valence-electron chi connectivity index (χ0n) is 12.0. The molecule has 0 aliphatic rings. The Balaban J connectivity index is 2.09. The van der Waals surface area contributed by atoms with E-state index in [1.54, 1.807) is 6.07 Å². The van der Waals surface area contributed by atoms with Crippen molar-refractivity contribution in [3.63, 3.8) is 0 Å². The Hall–Kier alpha value is -2.85. The van der Waals surface area contributed by atoms with Crippen molar-refractivity contribution in [2.75, 3.05) is 5.32 Å². The summed E-state index contributed by atoms with van der Waals surface area (Å²) in [6, 6.07) is 16.6. The van der Waals surface area contributed by atoms with Crippen LogP contribution in [0.4, 0.5) is 11.4 Å². The van der Waals surface area contributed by atoms with Gasteiger partial charge >= 0.3 is 5.97 Å². The van der Waals surface area contributed by atoms with Crippen molar-refractivity contribution in [2.45, 2.75) is 0 Å². The molecule has 23 heavy (non-hydrogen) atoms. The number of rotatable bonds is 4. The fraction of sp³-hybridized carbons (Fsp3) is 0. The van der Waals surface area contributed by atoms with E-state index < -0.39 is 5.97 Å². The van der Waals surface area contributed by atoms with E-state index >= 15 is 0 Å². The van der Waals surface area contributed by atoms with E-state index in [0.29, 0.717) is 10.7 Å². The van der Waals surface area contributed by atoms with Crippen LogP contribution >= 0.6 is 11.6 Å². The minimum Gasteiger partial charge on any atom is -0.478 e. The van der Waals surface area contributed by atoms with Crippen molar-refractivity contribution in [1.29, 1.82) is 0 Å². The molecule has 0 unspecified atom stereocenters. The molecule has 3 rings (SSSR count). The largest absolute Gasteiger partial charge is 0.478 e. The second kappa shape index (κ2) is 6.50. The number of carbonyl (C=O) groups is 1. The molecule has 1 heterocycles. The van der Waals surface area contributed by atoms with Crippen LogP contribution in [0.1, 0.15) is 10.4 Å². The average Bonchev–Trinajstić information content (AvgIpc) is 2.56. The van der Waals surface area contributed by atoms with Gasteiger partial charge in [0, 0.05) is 17.4 Å². The van der Waals surface area contributed by atoms with E-state index in [2.05, 4.69) is 10.3 Å². The Morgan fingerprint density at radius 2 is 1.78 bits per heavy atom. The highest BCUT2D eigenvalue weighted by molar-refractivity contribution is 6.34. The summed E-state index contributed by atoms with van der Waals surface area (Å²) in [6.07, 6.45) is 2.93. The van der Waals surface area contributed by atoms with E-state index in [1.165, 1.54) is 18.5 Å². The van der Waals surface area contributed by atoms with Crippen LogP contribution in [0.5, 0.6) is 0 Å². The summed E-state index contributed by atoms with van der Waals surface area (Å²) in [4.78, 5) is 15.3. The van der Waals surface area contributed by atoms with Gasteiger partial charge < -0.3 is 10.4 Å². The average molecular weight is 325 g/mol. The normalized spacial score (nSPS) is 10.3. The van der Waals surface area contributed by atoms with Crippen LogP contribution in [0, 0.1) is 0 Å². The highest BCUT2D eigenvalue weighted by Crippen LogP contribution is 2.36. The summed E-state index contributed by atoms with van der Waals surface area (Å²) in [7, 11) is 0. The first-order chi connectivity index (χ1) is 11.2. The van der Waals surface area contributed by atoms with Gasteiger partial charge in [-0.15, -0.1) is 0 Å². The molecule has 0 aliphatic carbocycles. The third-order valence-electron chi connectivity index (χ3n) is 3.40. The summed E-state index contributed by atoms with van der Waals surface area (Å²) in [6.45, 7) is 0. The van der Waals surface area contributed by atoms with Crippen molar-refractivity contribution in [2.24, 2.45) is 0 Å². The topological polar surface area (TPSA) is 62.2 Å². The molecule has 2 N–H and O–H groups in total. The molecule has 0 spiro atoms. The third-order valence-corrected chi connectivity index (χ3v) is 3.71. The maximum Gasteiger partial charge on any atom is 0.337 e. The zero-order valence-corrected chi connectivity index (χ0v) is 12.8. The van der Waals surface area contributed by atoms with Crippen molar-refractivity contribution in [3.05, 3.63) is 77.6 Å². The van der Waals surface area contributed by atoms with Crippen molar-refractivity contribution >= 4 is 28.9 Å². The number of halogens is 1. The molecule has 0 atom stereocenters. The minimum atomic E-state index is -1.02. The fourth-order valence-electron chi connectivity index (χ4n) is 2.35. The molecular formula is C18H13ClN2O2. The SMILES string of the molecule is O=C(O)c1ccncc1Nc1cccc(Cl)c1-c1ccccc1. The van der Waals surface area contributed by atoms with Crippen LogP contribution < -0.4 is 5.32 Å². The van der Waals surface area contributed by atoms with Gasteiger partial charge in [-0.3, -0.25) is 4.98 Å². The number of carboxylic acids is 1. The van der Waals surface area contributed by atoms with E-state index in [4.69, 9.17) is 11.6 Å². The molecule has 0 saturated heterocycles. The monoisotopic (exact) mass is 324 g/mol. The number of pyridine rings is 1. The molecule has 3 aromatic rings. The van der Waals surface area contributed by atoms with Crippen LogP contribution in [-0.4, -0.2) is 16.1 Å². The number of nitrogens with zero attached hydrogens (tertiary/aromatic N) is 1. The Morgan fingerprint density at radius 1 is 1.00 bits per heavy atom. The highest BCUT2D eigenvalue weighted by atomic mass is 35.5. The summed E-state index contributed by atoms with van der Waals surface area (Å²) < 4.78 is 0. The predicted molar refractivity (Wildman–Crippen MR) is 91.4 cm³/mol. The molecule has 5 heteroatoms. The standard InChI is InChI=1S/C18H13ClN2O2/c19-14-7-4-8-15(17(14)12-5-2-1-3-6-12)21-16-11-20-10-9-13(16)18(22)23/h1-11,21H,(H,22,23). The van der Waals surface area contributed by atoms with E-state index in [-0.39, 0.29) is 5.56 Å². The quantitative estimate of drug-likeness (QED) is 0.720. The summed E-state index contributed by atoms with van der Waals surface area (Å²) in [5.41, 5.74) is 3.05. The molecule has 0 bridgehead atoms. The lowest BCUT2D eigenvalue weighted by atomic mass is 10.0. The van der Waals surface area contributed by atoms with Crippen molar-refractivity contribution < 1.29 is 9.90 Å². The maximum absolute atomic E-state index is 11.3. The first-order valence-corrected chi connectivity index (χ1v) is 7.33. The maximum atomic E-state index is 11.3. The number of aromatic nitrogens is 1. The Labute approximate surface area is 138 Å². The Kier molecular flexibility index (Phi) is 4.26. The van der Waals surface area contributed by atoms with Gasteiger partial charge in [0.2, 0.25) is 0 Å². The van der Waals surface area contributed by atoms with Gasteiger partial charge in [0.15, 0.2) is 0 Å². The Bertz CT molecular complexity index is 851. The molecule has 114 valence electrons. The second-order valence-corrected chi connectivity index (χ2v) is 5.29. The van der Waals surface area contributed by atoms with Gasteiger partial charge in [-0.1, -0.05) is 48.0 Å². The van der Waals surface area contributed by atoms with Crippen LogP contribution in [-0.2, 0) is 0 Å². The number of hydrogen-bond donors (Lipinski definition) is 2. The molecule has 4 nitrogen and oxygen atoms in total. The number of nitrogens with one attached hydrogen (secondary N) is 1. The number of aromatic carboxylic acids is 1. The summed E-state index contributed by atoms with van der Waals surface area (Å²) in [5, 5.41) is 13.0. The smallest absolute Gasteiger partial charge is 0.337 e. The number of carboxylic acid groups (broad SMARTS) is 1. The fourth-order valence-corrected chi connectivity index (χ4v) is 2.64. The highest BCUT2D eigenvalue weighted by Gasteiger charge is 2.14. The van der Waals surface area contributed by atoms with Gasteiger partial charge in [0.25, 0.3) is 0 Å². The van der Waals surface area contributed by atoms with Gasteiger partial charge in [-0.05, 0) is 23.8 Å². The number of benzene rings is 2. The summed E-state index contributed by atoms with van der Waals surface area (Å²) >= 11 is 6.36. The van der Waals surface area contributed by atoms with Crippen LogP contribution in [0.3, 0.4) is 0 Å². The van der Waals surface area contributed by atoms with Gasteiger partial charge in [0.05, 0.1) is 22.5 Å². The lowest BCUT2D eigenvalue weighted by molar-refractivity contribution is 0.0698. The number of hydrogen-bond acceptors (Lipinski definition) is 3. The molecule has 0 fully saturated rings. The van der Waals surface area contributed by atoms with Gasteiger partial charge in [0.1, 0.15) is 0 Å². The molecule has 0 radical (unpaired) electrons.